The maximum absolute atomic E-state index is 10.6. The van der Waals surface area contributed by atoms with Crippen LogP contribution in [0.2, 0.25) is 0 Å². The number of hydrogen-bond donors (Lipinski definition) is 1. The average molecular weight is 196 g/mol. The molecule has 3 nitrogen and oxygen atoms in total. The number of hydrogen-bond acceptors (Lipinski definition) is 2. The maximum atomic E-state index is 10.6. The fourth-order valence-electron chi connectivity index (χ4n) is 1.59. The van der Waals surface area contributed by atoms with Crippen LogP contribution in [0.4, 0.5) is 0 Å². The zero-order valence-corrected chi connectivity index (χ0v) is 8.45. The topological polar surface area (TPSA) is 46.5 Å². The summed E-state index contributed by atoms with van der Waals surface area (Å²) in [6.07, 6.45) is 9.33. The van der Waals surface area contributed by atoms with Crippen molar-refractivity contribution in [3.63, 3.8) is 0 Å². The predicted octanol–water partition coefficient (Wildman–Crippen LogP) is 2.49. The molecule has 0 heterocycles. The third-order valence-corrected chi connectivity index (χ3v) is 2.40. The van der Waals surface area contributed by atoms with Gasteiger partial charge in [0, 0.05) is 0 Å². The largest absolute Gasteiger partial charge is 0.490 e. The molecule has 0 saturated heterocycles. The number of ether oxygens (including phenoxy) is 1. The summed E-state index contributed by atoms with van der Waals surface area (Å²) in [5.41, 5.74) is 1.33. The Hall–Kier alpha value is -1.25. The lowest BCUT2D eigenvalue weighted by Gasteiger charge is -2.12. The first-order valence-electron chi connectivity index (χ1n) is 4.91. The first-order chi connectivity index (χ1) is 6.74. The monoisotopic (exact) mass is 196 g/mol. The lowest BCUT2D eigenvalue weighted by Crippen LogP contribution is -2.02. The number of allylic oxidation sites excluding steroid dienone is 3. The van der Waals surface area contributed by atoms with Crippen LogP contribution in [-0.4, -0.2) is 18.2 Å². The van der Waals surface area contributed by atoms with Crippen LogP contribution in [0.3, 0.4) is 0 Å². The molecule has 0 bridgehead atoms. The molecule has 78 valence electrons. The van der Waals surface area contributed by atoms with Crippen LogP contribution < -0.4 is 0 Å². The molecule has 1 aliphatic rings. The summed E-state index contributed by atoms with van der Waals surface area (Å²) in [7, 11) is 1.37. The summed E-state index contributed by atoms with van der Waals surface area (Å²) < 4.78 is 4.72. The Bertz CT molecular complexity index is 256. The summed E-state index contributed by atoms with van der Waals surface area (Å²) in [5, 5.41) is 8.68. The molecule has 0 spiro atoms. The average Bonchev–Trinajstić information content (AvgIpc) is 2.20. The van der Waals surface area contributed by atoms with Gasteiger partial charge in [-0.2, -0.15) is 0 Å². The Morgan fingerprint density at radius 1 is 1.36 bits per heavy atom. The Morgan fingerprint density at radius 3 is 2.50 bits per heavy atom. The number of carboxylic acid groups (broad SMARTS) is 1. The van der Waals surface area contributed by atoms with E-state index >= 15 is 0 Å². The van der Waals surface area contributed by atoms with E-state index in [1.54, 1.807) is 6.08 Å². The predicted molar refractivity (Wildman–Crippen MR) is 53.9 cm³/mol. The molecule has 1 saturated carbocycles. The van der Waals surface area contributed by atoms with Crippen molar-refractivity contribution in [1.82, 2.24) is 0 Å². The number of carbonyl (C=O) groups is 1. The number of methoxy groups -OCH3 is 1. The zero-order valence-electron chi connectivity index (χ0n) is 8.45. The van der Waals surface area contributed by atoms with Crippen LogP contribution in [0, 0.1) is 0 Å². The van der Waals surface area contributed by atoms with Gasteiger partial charge in [-0.1, -0.05) is 18.1 Å². The van der Waals surface area contributed by atoms with Gasteiger partial charge in [-0.25, -0.2) is 4.79 Å². The maximum Gasteiger partial charge on any atom is 0.371 e. The Labute approximate surface area is 84.1 Å². The third kappa shape index (κ3) is 3.24. The highest BCUT2D eigenvalue weighted by Gasteiger charge is 2.07. The normalized spacial score (nSPS) is 17.8. The fraction of sp³-hybridized carbons (Fsp3) is 0.545. The van der Waals surface area contributed by atoms with Gasteiger partial charge in [0.25, 0.3) is 0 Å². The molecule has 0 aromatic rings. The van der Waals surface area contributed by atoms with Crippen molar-refractivity contribution < 1.29 is 14.6 Å². The Kier molecular flexibility index (Phi) is 4.23. The molecular formula is C11H16O3. The molecule has 0 aromatic heterocycles. The van der Waals surface area contributed by atoms with Crippen LogP contribution in [0.5, 0.6) is 0 Å². The first-order valence-corrected chi connectivity index (χ1v) is 4.91. The molecule has 1 fully saturated rings. The Morgan fingerprint density at radius 2 is 2.00 bits per heavy atom. The Balaban J connectivity index is 2.60. The minimum Gasteiger partial charge on any atom is -0.490 e. The summed E-state index contributed by atoms with van der Waals surface area (Å²) in [6.45, 7) is 0. The highest BCUT2D eigenvalue weighted by molar-refractivity contribution is 5.84. The van der Waals surface area contributed by atoms with Crippen LogP contribution in [0.15, 0.2) is 23.5 Å². The highest BCUT2D eigenvalue weighted by Crippen LogP contribution is 2.22. The van der Waals surface area contributed by atoms with Gasteiger partial charge < -0.3 is 9.84 Å². The van der Waals surface area contributed by atoms with Gasteiger partial charge in [0.15, 0.2) is 0 Å². The summed E-state index contributed by atoms with van der Waals surface area (Å²) >= 11 is 0. The van der Waals surface area contributed by atoms with Gasteiger partial charge in [-0.05, 0) is 31.8 Å². The lowest BCUT2D eigenvalue weighted by atomic mass is 9.95. The van der Waals surface area contributed by atoms with Crippen molar-refractivity contribution in [2.75, 3.05) is 7.11 Å². The molecular weight excluding hydrogens is 180 g/mol. The van der Waals surface area contributed by atoms with Crippen molar-refractivity contribution in [3.8, 4) is 0 Å². The SMILES string of the molecule is CO/C(=C\C=C1CCCCC1)C(=O)O. The van der Waals surface area contributed by atoms with Gasteiger partial charge in [0.1, 0.15) is 0 Å². The molecule has 0 unspecified atom stereocenters. The second-order valence-electron chi connectivity index (χ2n) is 3.43. The van der Waals surface area contributed by atoms with E-state index in [4.69, 9.17) is 9.84 Å². The number of carboxylic acids is 1. The van der Waals surface area contributed by atoms with E-state index in [0.717, 1.165) is 12.8 Å². The molecule has 0 amide bonds. The van der Waals surface area contributed by atoms with Gasteiger partial charge in [-0.15, -0.1) is 0 Å². The van der Waals surface area contributed by atoms with Crippen LogP contribution >= 0.6 is 0 Å². The van der Waals surface area contributed by atoms with Crippen molar-refractivity contribution in [2.45, 2.75) is 32.1 Å². The molecule has 0 atom stereocenters. The summed E-state index contributed by atoms with van der Waals surface area (Å²) in [4.78, 5) is 10.6. The van der Waals surface area contributed by atoms with E-state index in [2.05, 4.69) is 0 Å². The summed E-state index contributed by atoms with van der Waals surface area (Å²) in [6, 6.07) is 0. The third-order valence-electron chi connectivity index (χ3n) is 2.40. The van der Waals surface area contributed by atoms with Crippen molar-refractivity contribution in [3.05, 3.63) is 23.5 Å². The zero-order chi connectivity index (χ0) is 10.4. The minimum absolute atomic E-state index is 0.00285. The van der Waals surface area contributed by atoms with Gasteiger partial charge in [-0.3, -0.25) is 0 Å². The minimum atomic E-state index is -1.01. The smallest absolute Gasteiger partial charge is 0.371 e. The van der Waals surface area contributed by atoms with E-state index in [9.17, 15) is 4.79 Å². The number of rotatable bonds is 3. The van der Waals surface area contributed by atoms with Gasteiger partial charge in [0.05, 0.1) is 7.11 Å². The molecule has 0 aliphatic heterocycles. The van der Waals surface area contributed by atoms with E-state index in [-0.39, 0.29) is 5.76 Å². The summed E-state index contributed by atoms with van der Waals surface area (Å²) in [5.74, 6) is -1.01. The quantitative estimate of drug-likeness (QED) is 0.557. The lowest BCUT2D eigenvalue weighted by molar-refractivity contribution is -0.136. The molecule has 1 rings (SSSR count). The van der Waals surface area contributed by atoms with E-state index in [1.165, 1.54) is 31.9 Å². The van der Waals surface area contributed by atoms with Gasteiger partial charge >= 0.3 is 5.97 Å². The van der Waals surface area contributed by atoms with Crippen LogP contribution in [-0.2, 0) is 9.53 Å². The molecule has 0 aromatic carbocycles. The second-order valence-corrected chi connectivity index (χ2v) is 3.43. The molecule has 1 N–H and O–H groups in total. The van der Waals surface area contributed by atoms with Crippen molar-refractivity contribution in [2.24, 2.45) is 0 Å². The second kappa shape index (κ2) is 5.47. The fourth-order valence-corrected chi connectivity index (χ4v) is 1.59. The van der Waals surface area contributed by atoms with E-state index < -0.39 is 5.97 Å². The van der Waals surface area contributed by atoms with Gasteiger partial charge in [0.2, 0.25) is 5.76 Å². The van der Waals surface area contributed by atoms with E-state index in [1.807, 2.05) is 6.08 Å². The van der Waals surface area contributed by atoms with Crippen LogP contribution in [0.25, 0.3) is 0 Å². The number of aliphatic carboxylic acids is 1. The highest BCUT2D eigenvalue weighted by atomic mass is 16.5. The standard InChI is InChI=1S/C11H16O3/c1-14-10(11(12)13)8-7-9-5-3-2-4-6-9/h7-8H,2-6H2,1H3,(H,12,13)/b10-8-. The first kappa shape index (κ1) is 10.8. The van der Waals surface area contributed by atoms with Crippen LogP contribution in [0.1, 0.15) is 32.1 Å². The molecule has 14 heavy (non-hydrogen) atoms. The van der Waals surface area contributed by atoms with Crippen molar-refractivity contribution >= 4 is 5.97 Å². The molecule has 1 aliphatic carbocycles. The van der Waals surface area contributed by atoms with E-state index in [0.29, 0.717) is 0 Å². The molecule has 0 radical (unpaired) electrons. The molecule has 3 heteroatoms. The van der Waals surface area contributed by atoms with Crippen molar-refractivity contribution in [1.29, 1.82) is 0 Å².